The number of hydrogen-bond acceptors (Lipinski definition) is 8. The van der Waals surface area contributed by atoms with Crippen LogP contribution in [-0.2, 0) is 23.1 Å². The summed E-state index contributed by atoms with van der Waals surface area (Å²) in [6.45, 7) is 10.5. The van der Waals surface area contributed by atoms with E-state index in [4.69, 9.17) is 18.5 Å². The molecule has 0 heterocycles. The average Bonchev–Trinajstić information content (AvgIpc) is 2.82. The Morgan fingerprint density at radius 2 is 1.79 bits per heavy atom. The number of unbranched alkanes of at least 4 members (excludes halogenated alkanes) is 1. The summed E-state index contributed by atoms with van der Waals surface area (Å²) in [5, 5.41) is 2.09. The highest BCUT2D eigenvalue weighted by Gasteiger charge is 2.17. The van der Waals surface area contributed by atoms with Crippen LogP contribution < -0.4 is 4.74 Å². The van der Waals surface area contributed by atoms with Crippen molar-refractivity contribution in [2.75, 3.05) is 44.6 Å². The molecule has 188 valence electrons. The Bertz CT molecular complexity index is 968. The number of esters is 1. The van der Waals surface area contributed by atoms with E-state index < -0.39 is 7.60 Å². The fourth-order valence-corrected chi connectivity index (χ4v) is 5.69. The SMILES string of the molecule is C=CCSSCCOC(=O)C(C)c1ccc2cc(OCCCCOP(C)(=O)OCC)ccc2c1. The number of ether oxygens (including phenoxy) is 2. The lowest BCUT2D eigenvalue weighted by molar-refractivity contribution is -0.144. The molecule has 9 heteroatoms. The molecule has 2 aromatic carbocycles. The average molecular weight is 527 g/mol. The van der Waals surface area contributed by atoms with Crippen LogP contribution in [-0.4, -0.2) is 50.6 Å². The maximum atomic E-state index is 12.4. The number of rotatable bonds is 17. The molecule has 0 aliphatic carbocycles. The number of hydrogen-bond donors (Lipinski definition) is 0. The van der Waals surface area contributed by atoms with Gasteiger partial charge in [-0.1, -0.05) is 51.9 Å². The highest BCUT2D eigenvalue weighted by atomic mass is 33.1. The molecule has 2 atom stereocenters. The molecule has 0 fully saturated rings. The number of benzene rings is 2. The Labute approximate surface area is 211 Å². The summed E-state index contributed by atoms with van der Waals surface area (Å²) < 4.78 is 33.5. The van der Waals surface area contributed by atoms with Gasteiger partial charge < -0.3 is 18.5 Å². The van der Waals surface area contributed by atoms with Gasteiger partial charge in [0.2, 0.25) is 0 Å². The van der Waals surface area contributed by atoms with Crippen LogP contribution in [0.4, 0.5) is 0 Å². The zero-order chi connectivity index (χ0) is 24.8. The molecule has 0 radical (unpaired) electrons. The van der Waals surface area contributed by atoms with Crippen molar-refractivity contribution in [3.05, 3.63) is 54.6 Å². The van der Waals surface area contributed by atoms with Crippen molar-refractivity contribution >= 4 is 45.9 Å². The van der Waals surface area contributed by atoms with Gasteiger partial charge in [0.25, 0.3) is 0 Å². The summed E-state index contributed by atoms with van der Waals surface area (Å²) in [4.78, 5) is 12.4. The number of carbonyl (C=O) groups is 1. The minimum atomic E-state index is -2.93. The lowest BCUT2D eigenvalue weighted by Gasteiger charge is -2.14. The Morgan fingerprint density at radius 3 is 2.56 bits per heavy atom. The van der Waals surface area contributed by atoms with Crippen LogP contribution in [0.3, 0.4) is 0 Å². The van der Waals surface area contributed by atoms with Crippen LogP contribution in [0.5, 0.6) is 5.75 Å². The minimum absolute atomic E-state index is 0.210. The van der Waals surface area contributed by atoms with Gasteiger partial charge in [0.1, 0.15) is 12.4 Å². The fraction of sp³-hybridized carbons (Fsp3) is 0.480. The van der Waals surface area contributed by atoms with Crippen LogP contribution in [0.15, 0.2) is 49.1 Å². The minimum Gasteiger partial charge on any atom is -0.494 e. The predicted molar refractivity (Wildman–Crippen MR) is 144 cm³/mol. The van der Waals surface area contributed by atoms with Gasteiger partial charge in [-0.2, -0.15) is 0 Å². The van der Waals surface area contributed by atoms with Crippen molar-refractivity contribution in [3.8, 4) is 5.75 Å². The van der Waals surface area contributed by atoms with E-state index in [1.165, 1.54) is 6.66 Å². The summed E-state index contributed by atoms with van der Waals surface area (Å²) in [6.07, 6.45) is 3.38. The third-order valence-corrected chi connectivity index (χ3v) is 8.53. The quantitative estimate of drug-likeness (QED) is 0.0711. The third-order valence-electron chi connectivity index (χ3n) is 4.87. The van der Waals surface area contributed by atoms with Crippen molar-refractivity contribution < 1.29 is 27.9 Å². The second-order valence-electron chi connectivity index (χ2n) is 7.63. The lowest BCUT2D eigenvalue weighted by atomic mass is 9.98. The van der Waals surface area contributed by atoms with E-state index in [-0.39, 0.29) is 11.9 Å². The van der Waals surface area contributed by atoms with E-state index in [0.717, 1.165) is 46.4 Å². The molecule has 0 spiro atoms. The molecule has 0 aromatic heterocycles. The third kappa shape index (κ3) is 10.4. The van der Waals surface area contributed by atoms with Crippen molar-refractivity contribution in [2.45, 2.75) is 32.6 Å². The molecule has 2 rings (SSSR count). The topological polar surface area (TPSA) is 71.1 Å². The van der Waals surface area contributed by atoms with Crippen molar-refractivity contribution in [1.29, 1.82) is 0 Å². The number of fused-ring (bicyclic) bond motifs is 1. The van der Waals surface area contributed by atoms with Gasteiger partial charge >= 0.3 is 13.6 Å². The summed E-state index contributed by atoms with van der Waals surface area (Å²) >= 11 is 0. The zero-order valence-corrected chi connectivity index (χ0v) is 22.7. The fourth-order valence-electron chi connectivity index (χ4n) is 3.09. The molecule has 0 aliphatic heterocycles. The van der Waals surface area contributed by atoms with Crippen LogP contribution >= 0.6 is 29.2 Å². The second kappa shape index (κ2) is 15.5. The van der Waals surface area contributed by atoms with E-state index in [1.54, 1.807) is 28.5 Å². The van der Waals surface area contributed by atoms with E-state index in [9.17, 15) is 9.36 Å². The summed E-state index contributed by atoms with van der Waals surface area (Å²) in [5.41, 5.74) is 0.931. The largest absolute Gasteiger partial charge is 0.494 e. The lowest BCUT2D eigenvalue weighted by Crippen LogP contribution is -2.14. The Balaban J connectivity index is 1.78. The van der Waals surface area contributed by atoms with Crippen molar-refractivity contribution in [2.24, 2.45) is 0 Å². The molecule has 0 saturated heterocycles. The van der Waals surface area contributed by atoms with Gasteiger partial charge in [-0.3, -0.25) is 9.36 Å². The Kier molecular flexibility index (Phi) is 13.2. The monoisotopic (exact) mass is 526 g/mol. The van der Waals surface area contributed by atoms with Gasteiger partial charge in [0, 0.05) is 18.2 Å². The van der Waals surface area contributed by atoms with E-state index in [1.807, 2.05) is 49.4 Å². The number of carbonyl (C=O) groups excluding carboxylic acids is 1. The van der Waals surface area contributed by atoms with Gasteiger partial charge in [-0.05, 0) is 55.2 Å². The first kappa shape index (κ1) is 28.8. The molecule has 0 saturated carbocycles. The Hall–Kier alpha value is -1.44. The van der Waals surface area contributed by atoms with E-state index >= 15 is 0 Å². The van der Waals surface area contributed by atoms with Crippen molar-refractivity contribution in [3.63, 3.8) is 0 Å². The molecular weight excluding hydrogens is 491 g/mol. The molecule has 2 unspecified atom stereocenters. The van der Waals surface area contributed by atoms with Gasteiger partial charge in [0.05, 0.1) is 25.7 Å². The van der Waals surface area contributed by atoms with Crippen LogP contribution in [0.25, 0.3) is 10.8 Å². The standard InChI is InChI=1S/C25H35O6PS2/c1-5-16-33-34-17-15-29-25(26)20(3)21-9-10-23-19-24(12-11-22(23)18-21)28-13-7-8-14-31-32(4,27)30-6-2/h5,9-12,18-20H,1,6-8,13-17H2,2-4H3. The smallest absolute Gasteiger partial charge is 0.327 e. The van der Waals surface area contributed by atoms with Crippen LogP contribution in [0, 0.1) is 0 Å². The van der Waals surface area contributed by atoms with E-state index in [2.05, 4.69) is 6.58 Å². The molecule has 0 aliphatic rings. The summed E-state index contributed by atoms with van der Waals surface area (Å²) in [5.74, 6) is 1.90. The zero-order valence-electron chi connectivity index (χ0n) is 20.2. The summed E-state index contributed by atoms with van der Waals surface area (Å²) in [7, 11) is 0.445. The molecule has 2 aromatic rings. The molecule has 34 heavy (non-hydrogen) atoms. The maximum Gasteiger partial charge on any atom is 0.327 e. The first-order valence-corrected chi connectivity index (χ1v) is 15.9. The van der Waals surface area contributed by atoms with Crippen LogP contribution in [0.1, 0.15) is 38.2 Å². The molecule has 6 nitrogen and oxygen atoms in total. The molecule has 0 N–H and O–H groups in total. The maximum absolute atomic E-state index is 12.4. The summed E-state index contributed by atoms with van der Waals surface area (Å²) in [6, 6.07) is 11.9. The normalized spacial score (nSPS) is 13.9. The van der Waals surface area contributed by atoms with Crippen molar-refractivity contribution in [1.82, 2.24) is 0 Å². The first-order chi connectivity index (χ1) is 16.4. The molecular formula is C25H35O6PS2. The van der Waals surface area contributed by atoms with E-state index in [0.29, 0.717) is 26.4 Å². The molecule has 0 bridgehead atoms. The predicted octanol–water partition coefficient (Wildman–Crippen LogP) is 7.09. The highest BCUT2D eigenvalue weighted by Crippen LogP contribution is 2.43. The van der Waals surface area contributed by atoms with Gasteiger partial charge in [-0.15, -0.1) is 6.58 Å². The highest BCUT2D eigenvalue weighted by molar-refractivity contribution is 8.76. The Morgan fingerprint density at radius 1 is 1.06 bits per heavy atom. The first-order valence-electron chi connectivity index (χ1n) is 11.4. The second-order valence-corrected chi connectivity index (χ2v) is 12.3. The van der Waals surface area contributed by atoms with Gasteiger partial charge in [-0.25, -0.2) is 0 Å². The van der Waals surface area contributed by atoms with Crippen LogP contribution in [0.2, 0.25) is 0 Å². The van der Waals surface area contributed by atoms with Gasteiger partial charge in [0.15, 0.2) is 0 Å². The molecule has 0 amide bonds.